The van der Waals surface area contributed by atoms with E-state index in [1.165, 1.54) is 5.56 Å². The molecule has 4 nitrogen and oxygen atoms in total. The lowest BCUT2D eigenvalue weighted by Crippen LogP contribution is -2.10. The Morgan fingerprint density at radius 3 is 2.38 bits per heavy atom. The highest BCUT2D eigenvalue weighted by molar-refractivity contribution is 5.75. The molecular weight excluding hydrogens is 302 g/mol. The minimum atomic E-state index is -0.288. The zero-order chi connectivity index (χ0) is 17.7. The van der Waals surface area contributed by atoms with E-state index in [1.54, 1.807) is 6.92 Å². The monoisotopic (exact) mass is 329 g/mol. The van der Waals surface area contributed by atoms with Crippen molar-refractivity contribution in [3.05, 3.63) is 41.5 Å². The Labute approximate surface area is 144 Å². The molecule has 0 fully saturated rings. The van der Waals surface area contributed by atoms with E-state index in [2.05, 4.69) is 44.8 Å². The zero-order valence-corrected chi connectivity index (χ0v) is 15.3. The average Bonchev–Trinajstić information content (AvgIpc) is 2.89. The largest absolute Gasteiger partial charge is 0.466 e. The fourth-order valence-electron chi connectivity index (χ4n) is 2.54. The van der Waals surface area contributed by atoms with Crippen LogP contribution in [0.4, 0.5) is 0 Å². The Morgan fingerprint density at radius 2 is 1.83 bits per heavy atom. The summed E-state index contributed by atoms with van der Waals surface area (Å²) in [5.41, 5.74) is 3.07. The highest BCUT2D eigenvalue weighted by Gasteiger charge is 2.19. The number of nitrogens with zero attached hydrogens (tertiary/aromatic N) is 1. The summed E-state index contributed by atoms with van der Waals surface area (Å²) < 4.78 is 10.9. The van der Waals surface area contributed by atoms with Crippen LogP contribution < -0.4 is 0 Å². The second-order valence-corrected chi connectivity index (χ2v) is 6.94. The molecule has 1 heterocycles. The summed E-state index contributed by atoms with van der Waals surface area (Å²) in [5, 5.41) is 0. The maximum Gasteiger partial charge on any atom is 0.313 e. The quantitative estimate of drug-likeness (QED) is 0.721. The van der Waals surface area contributed by atoms with Gasteiger partial charge in [-0.1, -0.05) is 52.0 Å². The number of carbonyl (C=O) groups is 1. The minimum Gasteiger partial charge on any atom is -0.466 e. The third kappa shape index (κ3) is 4.47. The van der Waals surface area contributed by atoms with Crippen LogP contribution in [-0.4, -0.2) is 17.6 Å². The molecule has 130 valence electrons. The summed E-state index contributed by atoms with van der Waals surface area (Å²) in [6.45, 7) is 10.8. The summed E-state index contributed by atoms with van der Waals surface area (Å²) in [7, 11) is 0. The van der Waals surface area contributed by atoms with E-state index in [0.717, 1.165) is 24.1 Å². The Balaban J connectivity index is 2.34. The molecule has 0 amide bonds. The van der Waals surface area contributed by atoms with Gasteiger partial charge in [0.05, 0.1) is 6.61 Å². The van der Waals surface area contributed by atoms with Gasteiger partial charge in [0.2, 0.25) is 0 Å². The minimum absolute atomic E-state index is 0.101. The standard InChI is InChI=1S/C20H27NO3/c1-6-8-17-21-19(16(24-17)13-18(22)23-7-2)14-9-11-15(12-10-14)20(3,4)5/h9-12H,6-8,13H2,1-5H3. The first kappa shape index (κ1) is 18.2. The molecule has 0 atom stereocenters. The lowest BCUT2D eigenvalue weighted by atomic mass is 9.86. The van der Waals surface area contributed by atoms with E-state index < -0.39 is 0 Å². The van der Waals surface area contributed by atoms with Gasteiger partial charge < -0.3 is 9.15 Å². The van der Waals surface area contributed by atoms with Crippen molar-refractivity contribution < 1.29 is 13.9 Å². The lowest BCUT2D eigenvalue weighted by molar-refractivity contribution is -0.142. The number of ether oxygens (including phenoxy) is 1. The van der Waals surface area contributed by atoms with Crippen LogP contribution in [0.25, 0.3) is 11.3 Å². The number of benzene rings is 1. The lowest BCUT2D eigenvalue weighted by Gasteiger charge is -2.19. The van der Waals surface area contributed by atoms with Crippen LogP contribution >= 0.6 is 0 Å². The number of esters is 1. The second kappa shape index (κ2) is 7.65. The molecule has 0 bridgehead atoms. The fourth-order valence-corrected chi connectivity index (χ4v) is 2.54. The van der Waals surface area contributed by atoms with Crippen LogP contribution in [0.1, 0.15) is 58.3 Å². The van der Waals surface area contributed by atoms with E-state index in [0.29, 0.717) is 18.3 Å². The van der Waals surface area contributed by atoms with Gasteiger partial charge in [-0.3, -0.25) is 4.79 Å². The zero-order valence-electron chi connectivity index (χ0n) is 15.3. The van der Waals surface area contributed by atoms with Gasteiger partial charge >= 0.3 is 5.97 Å². The third-order valence-electron chi connectivity index (χ3n) is 3.84. The Hall–Kier alpha value is -2.10. The van der Waals surface area contributed by atoms with Gasteiger partial charge in [0.1, 0.15) is 17.9 Å². The molecule has 1 aromatic heterocycles. The van der Waals surface area contributed by atoms with E-state index in [9.17, 15) is 4.79 Å². The van der Waals surface area contributed by atoms with Gasteiger partial charge in [0.15, 0.2) is 5.89 Å². The molecule has 24 heavy (non-hydrogen) atoms. The summed E-state index contributed by atoms with van der Waals surface area (Å²) in [6, 6.07) is 8.31. The average molecular weight is 329 g/mol. The van der Waals surface area contributed by atoms with Gasteiger partial charge in [-0.05, 0) is 24.3 Å². The van der Waals surface area contributed by atoms with E-state index >= 15 is 0 Å². The van der Waals surface area contributed by atoms with Crippen molar-refractivity contribution in [2.24, 2.45) is 0 Å². The van der Waals surface area contributed by atoms with Gasteiger partial charge in [-0.15, -0.1) is 0 Å². The number of aromatic nitrogens is 1. The van der Waals surface area contributed by atoms with Crippen LogP contribution in [0.3, 0.4) is 0 Å². The molecule has 4 heteroatoms. The van der Waals surface area contributed by atoms with Gasteiger partial charge in [0, 0.05) is 12.0 Å². The van der Waals surface area contributed by atoms with Gasteiger partial charge in [0.25, 0.3) is 0 Å². The number of aryl methyl sites for hydroxylation is 1. The Kier molecular flexibility index (Phi) is 5.81. The topological polar surface area (TPSA) is 52.3 Å². The summed E-state index contributed by atoms with van der Waals surface area (Å²) in [6.07, 6.45) is 1.82. The third-order valence-corrected chi connectivity index (χ3v) is 3.84. The molecule has 0 unspecified atom stereocenters. The van der Waals surface area contributed by atoms with Crippen molar-refractivity contribution in [1.82, 2.24) is 4.98 Å². The summed E-state index contributed by atoms with van der Waals surface area (Å²) in [4.78, 5) is 16.4. The number of rotatable bonds is 6. The molecule has 0 aliphatic heterocycles. The smallest absolute Gasteiger partial charge is 0.313 e. The number of oxazole rings is 1. The van der Waals surface area contributed by atoms with Gasteiger partial charge in [-0.25, -0.2) is 4.98 Å². The molecule has 0 aliphatic carbocycles. The number of hydrogen-bond acceptors (Lipinski definition) is 4. The number of hydrogen-bond donors (Lipinski definition) is 0. The fraction of sp³-hybridized carbons (Fsp3) is 0.500. The molecule has 0 saturated carbocycles. The first-order valence-electron chi connectivity index (χ1n) is 8.60. The first-order valence-corrected chi connectivity index (χ1v) is 8.60. The highest BCUT2D eigenvalue weighted by Crippen LogP contribution is 2.29. The number of carbonyl (C=O) groups excluding carboxylic acids is 1. The van der Waals surface area contributed by atoms with E-state index in [1.807, 2.05) is 12.1 Å². The van der Waals surface area contributed by atoms with Crippen LogP contribution in [0.5, 0.6) is 0 Å². The summed E-state index contributed by atoms with van der Waals surface area (Å²) in [5.74, 6) is 0.969. The maximum absolute atomic E-state index is 11.8. The van der Waals surface area contributed by atoms with Crippen LogP contribution in [-0.2, 0) is 27.8 Å². The molecule has 0 spiro atoms. The highest BCUT2D eigenvalue weighted by atomic mass is 16.5. The van der Waals surface area contributed by atoms with Crippen molar-refractivity contribution in [1.29, 1.82) is 0 Å². The van der Waals surface area contributed by atoms with Crippen molar-refractivity contribution in [3.8, 4) is 11.3 Å². The first-order chi connectivity index (χ1) is 11.3. The SMILES string of the molecule is CCCc1nc(-c2ccc(C(C)(C)C)cc2)c(CC(=O)OCC)o1. The van der Waals surface area contributed by atoms with Crippen molar-refractivity contribution in [2.45, 2.75) is 59.3 Å². The predicted octanol–water partition coefficient (Wildman–Crippen LogP) is 4.70. The van der Waals surface area contributed by atoms with Crippen LogP contribution in [0.2, 0.25) is 0 Å². The summed E-state index contributed by atoms with van der Waals surface area (Å²) >= 11 is 0. The normalized spacial score (nSPS) is 11.5. The van der Waals surface area contributed by atoms with E-state index in [4.69, 9.17) is 9.15 Å². The second-order valence-electron chi connectivity index (χ2n) is 6.94. The molecule has 0 saturated heterocycles. The molecule has 0 radical (unpaired) electrons. The van der Waals surface area contributed by atoms with E-state index in [-0.39, 0.29) is 17.8 Å². The maximum atomic E-state index is 11.8. The molecule has 1 aromatic carbocycles. The molecule has 2 aromatic rings. The van der Waals surface area contributed by atoms with Crippen molar-refractivity contribution in [3.63, 3.8) is 0 Å². The Morgan fingerprint density at radius 1 is 1.17 bits per heavy atom. The molecular formula is C20H27NO3. The Bertz CT molecular complexity index is 678. The van der Waals surface area contributed by atoms with Crippen LogP contribution in [0, 0.1) is 0 Å². The predicted molar refractivity (Wildman–Crippen MR) is 95.0 cm³/mol. The van der Waals surface area contributed by atoms with Crippen molar-refractivity contribution in [2.75, 3.05) is 6.61 Å². The van der Waals surface area contributed by atoms with Crippen LogP contribution in [0.15, 0.2) is 28.7 Å². The van der Waals surface area contributed by atoms with Crippen molar-refractivity contribution >= 4 is 5.97 Å². The molecule has 0 aliphatic rings. The van der Waals surface area contributed by atoms with Gasteiger partial charge in [-0.2, -0.15) is 0 Å². The molecule has 2 rings (SSSR count). The molecule has 0 N–H and O–H groups in total.